The predicted octanol–water partition coefficient (Wildman–Crippen LogP) is 1.19. The number of nitrogens with zero attached hydrogens (tertiary/aromatic N) is 1. The average Bonchev–Trinajstić information content (AvgIpc) is 2.67. The van der Waals surface area contributed by atoms with Gasteiger partial charge < -0.3 is 9.84 Å². The van der Waals surface area contributed by atoms with Crippen LogP contribution in [-0.2, 0) is 11.2 Å². The second-order valence-corrected chi connectivity index (χ2v) is 3.81. The molecule has 0 saturated carbocycles. The van der Waals surface area contributed by atoms with Gasteiger partial charge in [-0.1, -0.05) is 6.07 Å². The summed E-state index contributed by atoms with van der Waals surface area (Å²) in [5, 5.41) is 19.5. The van der Waals surface area contributed by atoms with Crippen molar-refractivity contribution in [3.63, 3.8) is 0 Å². The molecule has 0 bridgehead atoms. The molecule has 7 heteroatoms. The molecule has 1 aromatic rings. The normalized spacial score (nSPS) is 13.2. The van der Waals surface area contributed by atoms with E-state index in [9.17, 15) is 19.7 Å². The van der Waals surface area contributed by atoms with Crippen molar-refractivity contribution < 1.29 is 24.4 Å². The second kappa shape index (κ2) is 4.44. The fourth-order valence-electron chi connectivity index (χ4n) is 1.94. The number of ketones is 1. The first kappa shape index (κ1) is 12.0. The molecule has 18 heavy (non-hydrogen) atoms. The smallest absolute Gasteiger partial charge is 0.341 e. The van der Waals surface area contributed by atoms with Crippen molar-refractivity contribution in [2.24, 2.45) is 0 Å². The van der Waals surface area contributed by atoms with Crippen molar-refractivity contribution in [2.45, 2.75) is 12.8 Å². The van der Waals surface area contributed by atoms with Gasteiger partial charge in [-0.05, 0) is 18.1 Å². The number of hydrogen-bond acceptors (Lipinski definition) is 5. The van der Waals surface area contributed by atoms with Crippen molar-refractivity contribution in [1.29, 1.82) is 0 Å². The second-order valence-electron chi connectivity index (χ2n) is 3.81. The van der Waals surface area contributed by atoms with Crippen LogP contribution in [0.1, 0.15) is 22.3 Å². The number of aliphatic carboxylic acids is 1. The molecule has 0 fully saturated rings. The Morgan fingerprint density at radius 1 is 1.44 bits per heavy atom. The number of carboxylic acid groups (broad SMARTS) is 1. The van der Waals surface area contributed by atoms with Gasteiger partial charge in [0.25, 0.3) is 0 Å². The zero-order valence-electron chi connectivity index (χ0n) is 9.21. The number of carboxylic acids is 1. The lowest BCUT2D eigenvalue weighted by Gasteiger charge is -2.07. The number of nitro benzene ring substituents is 1. The summed E-state index contributed by atoms with van der Waals surface area (Å²) in [6.07, 6.45) is 0.701. The number of fused-ring (bicyclic) bond motifs is 1. The number of aryl methyl sites for hydroxylation is 1. The van der Waals surface area contributed by atoms with Crippen molar-refractivity contribution >= 4 is 17.4 Å². The van der Waals surface area contributed by atoms with Crippen LogP contribution in [0.3, 0.4) is 0 Å². The van der Waals surface area contributed by atoms with E-state index in [0.717, 1.165) is 0 Å². The standard InChI is InChI=1S/C11H9NO6/c13-7-3-1-6-2-4-8(18-5-9(14)15)11(10(6)7)12(16)17/h2,4H,1,3,5H2,(H,14,15). The van der Waals surface area contributed by atoms with Gasteiger partial charge in [0.05, 0.1) is 4.92 Å². The Labute approximate surface area is 101 Å². The molecular weight excluding hydrogens is 242 g/mol. The number of ether oxygens (including phenoxy) is 1. The highest BCUT2D eigenvalue weighted by Crippen LogP contribution is 2.37. The molecule has 2 rings (SSSR count). The first-order valence-corrected chi connectivity index (χ1v) is 5.18. The summed E-state index contributed by atoms with van der Waals surface area (Å²) in [5.41, 5.74) is 0.216. The number of hydrogen-bond donors (Lipinski definition) is 1. The van der Waals surface area contributed by atoms with E-state index in [1.165, 1.54) is 6.07 Å². The Morgan fingerprint density at radius 3 is 2.78 bits per heavy atom. The summed E-state index contributed by atoms with van der Waals surface area (Å²) in [7, 11) is 0. The fraction of sp³-hybridized carbons (Fsp3) is 0.273. The summed E-state index contributed by atoms with van der Waals surface area (Å²) < 4.78 is 4.84. The van der Waals surface area contributed by atoms with Gasteiger partial charge in [-0.25, -0.2) is 4.79 Å². The molecule has 1 aromatic carbocycles. The van der Waals surface area contributed by atoms with E-state index in [2.05, 4.69) is 0 Å². The van der Waals surface area contributed by atoms with Crippen LogP contribution >= 0.6 is 0 Å². The van der Waals surface area contributed by atoms with Crippen molar-refractivity contribution in [2.75, 3.05) is 6.61 Å². The highest BCUT2D eigenvalue weighted by atomic mass is 16.6. The summed E-state index contributed by atoms with van der Waals surface area (Å²) in [6.45, 7) is -0.687. The monoisotopic (exact) mass is 251 g/mol. The molecular formula is C11H9NO6. The number of benzene rings is 1. The van der Waals surface area contributed by atoms with Gasteiger partial charge in [-0.15, -0.1) is 0 Å². The highest BCUT2D eigenvalue weighted by molar-refractivity contribution is 6.04. The van der Waals surface area contributed by atoms with E-state index in [-0.39, 0.29) is 23.5 Å². The van der Waals surface area contributed by atoms with Crippen LogP contribution in [0.5, 0.6) is 5.75 Å². The molecule has 1 aliphatic carbocycles. The molecule has 0 spiro atoms. The van der Waals surface area contributed by atoms with Crippen molar-refractivity contribution in [3.05, 3.63) is 33.4 Å². The Hall–Kier alpha value is -2.44. The van der Waals surface area contributed by atoms with E-state index in [1.807, 2.05) is 0 Å². The molecule has 0 aliphatic heterocycles. The molecule has 1 aliphatic rings. The van der Waals surface area contributed by atoms with Crippen LogP contribution in [0.2, 0.25) is 0 Å². The van der Waals surface area contributed by atoms with Crippen LogP contribution in [0, 0.1) is 10.1 Å². The van der Waals surface area contributed by atoms with Crippen molar-refractivity contribution in [1.82, 2.24) is 0 Å². The lowest BCUT2D eigenvalue weighted by molar-refractivity contribution is -0.386. The van der Waals surface area contributed by atoms with E-state index >= 15 is 0 Å². The molecule has 0 unspecified atom stereocenters. The van der Waals surface area contributed by atoms with Gasteiger partial charge in [-0.3, -0.25) is 14.9 Å². The Bertz CT molecular complexity index is 551. The van der Waals surface area contributed by atoms with E-state index in [1.54, 1.807) is 6.07 Å². The van der Waals surface area contributed by atoms with Crippen LogP contribution in [0.4, 0.5) is 5.69 Å². The number of Topliss-reactive ketones (excluding diaryl/α,β-unsaturated/α-hetero) is 1. The molecule has 1 N–H and O–H groups in total. The molecule has 0 heterocycles. The highest BCUT2D eigenvalue weighted by Gasteiger charge is 2.32. The zero-order chi connectivity index (χ0) is 13.3. The zero-order valence-corrected chi connectivity index (χ0v) is 9.21. The summed E-state index contributed by atoms with van der Waals surface area (Å²) >= 11 is 0. The maximum absolute atomic E-state index is 11.6. The minimum Gasteiger partial charge on any atom is -0.479 e. The topological polar surface area (TPSA) is 107 Å². The lowest BCUT2D eigenvalue weighted by Crippen LogP contribution is -2.11. The predicted molar refractivity (Wildman–Crippen MR) is 58.9 cm³/mol. The lowest BCUT2D eigenvalue weighted by atomic mass is 10.1. The Balaban J connectivity index is 2.48. The summed E-state index contributed by atoms with van der Waals surface area (Å²) in [4.78, 5) is 32.3. The Kier molecular flexibility index (Phi) is 2.97. The van der Waals surface area contributed by atoms with Gasteiger partial charge in [0.2, 0.25) is 0 Å². The first-order chi connectivity index (χ1) is 8.50. The van der Waals surface area contributed by atoms with Crippen LogP contribution < -0.4 is 4.74 Å². The molecule has 94 valence electrons. The molecule has 0 saturated heterocycles. The number of carbonyl (C=O) groups is 2. The average molecular weight is 251 g/mol. The van der Waals surface area contributed by atoms with E-state index in [0.29, 0.717) is 12.0 Å². The molecule has 0 radical (unpaired) electrons. The number of rotatable bonds is 4. The summed E-state index contributed by atoms with van der Waals surface area (Å²) in [5.74, 6) is -1.73. The molecule has 0 atom stereocenters. The Morgan fingerprint density at radius 2 is 2.17 bits per heavy atom. The van der Waals surface area contributed by atoms with E-state index < -0.39 is 23.2 Å². The third-order valence-electron chi connectivity index (χ3n) is 2.66. The van der Waals surface area contributed by atoms with Gasteiger partial charge in [-0.2, -0.15) is 0 Å². The number of carbonyl (C=O) groups excluding carboxylic acids is 1. The largest absolute Gasteiger partial charge is 0.479 e. The maximum Gasteiger partial charge on any atom is 0.341 e. The van der Waals surface area contributed by atoms with Crippen LogP contribution in [0.15, 0.2) is 12.1 Å². The molecule has 7 nitrogen and oxygen atoms in total. The van der Waals surface area contributed by atoms with Gasteiger partial charge >= 0.3 is 11.7 Å². The minimum absolute atomic E-state index is 0.0443. The first-order valence-electron chi connectivity index (χ1n) is 5.18. The molecule has 0 amide bonds. The summed E-state index contributed by atoms with van der Waals surface area (Å²) in [6, 6.07) is 2.89. The van der Waals surface area contributed by atoms with Crippen molar-refractivity contribution in [3.8, 4) is 5.75 Å². The maximum atomic E-state index is 11.6. The van der Waals surface area contributed by atoms with Crippen LogP contribution in [0.25, 0.3) is 0 Å². The quantitative estimate of drug-likeness (QED) is 0.636. The third-order valence-corrected chi connectivity index (χ3v) is 2.66. The van der Waals surface area contributed by atoms with Gasteiger partial charge in [0.15, 0.2) is 18.1 Å². The van der Waals surface area contributed by atoms with Gasteiger partial charge in [0, 0.05) is 6.42 Å². The minimum atomic E-state index is -1.24. The van der Waals surface area contributed by atoms with E-state index in [4.69, 9.17) is 9.84 Å². The number of nitro groups is 1. The third kappa shape index (κ3) is 2.02. The SMILES string of the molecule is O=C(O)COc1ccc2c(c1[N+](=O)[O-])C(=O)CC2. The molecule has 0 aromatic heterocycles. The van der Waals surface area contributed by atoms with Gasteiger partial charge in [0.1, 0.15) is 5.56 Å². The fourth-order valence-corrected chi connectivity index (χ4v) is 1.94. The van der Waals surface area contributed by atoms with Crippen LogP contribution in [-0.4, -0.2) is 28.4 Å².